The van der Waals surface area contributed by atoms with Crippen LogP contribution < -0.4 is 15.2 Å². The van der Waals surface area contributed by atoms with Gasteiger partial charge in [-0.15, -0.1) is 0 Å². The molecule has 0 radical (unpaired) electrons. The number of aromatic nitrogens is 4. The van der Waals surface area contributed by atoms with Gasteiger partial charge >= 0.3 is 0 Å². The van der Waals surface area contributed by atoms with E-state index in [1.807, 2.05) is 35.2 Å². The molecule has 0 aromatic carbocycles. The summed E-state index contributed by atoms with van der Waals surface area (Å²) in [7, 11) is 1.56. The highest BCUT2D eigenvalue weighted by Crippen LogP contribution is 2.37. The normalized spacial score (nSPS) is 11.7. The Hall–Kier alpha value is -3.71. The SMILES string of the molecule is COc1ccc(N(c2cccc(Cl)n2)C(c2cccnc2)c2ccc[nH]c2=O)cn1. The Balaban J connectivity index is 1.97. The second-order valence-corrected chi connectivity index (χ2v) is 6.78. The molecule has 1 N–H and O–H groups in total. The first-order valence-corrected chi connectivity index (χ1v) is 9.54. The molecule has 0 amide bonds. The standard InChI is InChI=1S/C22H18ClN5O2/c1-30-20-10-9-16(14-26-20)28(19-8-2-7-18(23)27-19)21(15-5-3-11-24-13-15)17-6-4-12-25-22(17)29/h2-14,21H,1H3,(H,25,29). The fourth-order valence-corrected chi connectivity index (χ4v) is 3.40. The third kappa shape index (κ3) is 4.01. The third-order valence-corrected chi connectivity index (χ3v) is 4.77. The molecule has 0 saturated carbocycles. The van der Waals surface area contributed by atoms with E-state index in [0.29, 0.717) is 28.1 Å². The summed E-state index contributed by atoms with van der Waals surface area (Å²) in [6.45, 7) is 0. The van der Waals surface area contributed by atoms with Gasteiger partial charge in [0.05, 0.1) is 25.0 Å². The highest BCUT2D eigenvalue weighted by atomic mass is 35.5. The zero-order valence-electron chi connectivity index (χ0n) is 16.1. The highest BCUT2D eigenvalue weighted by molar-refractivity contribution is 6.29. The smallest absolute Gasteiger partial charge is 0.253 e. The summed E-state index contributed by atoms with van der Waals surface area (Å²) in [6, 6.07) is 15.7. The number of rotatable bonds is 6. The van der Waals surface area contributed by atoms with Crippen LogP contribution in [0.5, 0.6) is 5.88 Å². The van der Waals surface area contributed by atoms with E-state index in [2.05, 4.69) is 19.9 Å². The molecule has 4 aromatic heterocycles. The Morgan fingerprint density at radius 1 is 1.07 bits per heavy atom. The number of hydrogen-bond donors (Lipinski definition) is 1. The van der Waals surface area contributed by atoms with Crippen LogP contribution >= 0.6 is 11.6 Å². The third-order valence-electron chi connectivity index (χ3n) is 4.56. The number of H-pyrrole nitrogens is 1. The van der Waals surface area contributed by atoms with Gasteiger partial charge in [-0.2, -0.15) is 0 Å². The molecule has 0 spiro atoms. The summed E-state index contributed by atoms with van der Waals surface area (Å²) in [5.74, 6) is 1.04. The number of anilines is 2. The molecule has 1 unspecified atom stereocenters. The van der Waals surface area contributed by atoms with Crippen LogP contribution in [-0.4, -0.2) is 27.0 Å². The lowest BCUT2D eigenvalue weighted by Crippen LogP contribution is -2.30. The van der Waals surface area contributed by atoms with E-state index < -0.39 is 6.04 Å². The Kier molecular flexibility index (Phi) is 5.72. The molecule has 0 fully saturated rings. The van der Waals surface area contributed by atoms with Crippen molar-refractivity contribution in [3.8, 4) is 5.88 Å². The maximum Gasteiger partial charge on any atom is 0.253 e. The Morgan fingerprint density at radius 3 is 2.63 bits per heavy atom. The average Bonchev–Trinajstić information content (AvgIpc) is 2.79. The summed E-state index contributed by atoms with van der Waals surface area (Å²) in [6.07, 6.45) is 6.68. The number of ether oxygens (including phenoxy) is 1. The van der Waals surface area contributed by atoms with Crippen molar-refractivity contribution in [1.29, 1.82) is 0 Å². The second-order valence-electron chi connectivity index (χ2n) is 6.39. The molecule has 4 aromatic rings. The van der Waals surface area contributed by atoms with Crippen LogP contribution in [0.4, 0.5) is 11.5 Å². The van der Waals surface area contributed by atoms with Crippen LogP contribution in [0.3, 0.4) is 0 Å². The minimum Gasteiger partial charge on any atom is -0.481 e. The zero-order chi connectivity index (χ0) is 20.9. The van der Waals surface area contributed by atoms with E-state index in [0.717, 1.165) is 5.56 Å². The van der Waals surface area contributed by atoms with Gasteiger partial charge in [0.15, 0.2) is 0 Å². The van der Waals surface area contributed by atoms with E-state index in [1.165, 1.54) is 0 Å². The quantitative estimate of drug-likeness (QED) is 0.472. The van der Waals surface area contributed by atoms with Gasteiger partial charge < -0.3 is 14.6 Å². The van der Waals surface area contributed by atoms with Crippen molar-refractivity contribution in [2.24, 2.45) is 0 Å². The van der Waals surface area contributed by atoms with Crippen molar-refractivity contribution in [2.75, 3.05) is 12.0 Å². The number of methoxy groups -OCH3 is 1. The maximum atomic E-state index is 12.8. The number of nitrogens with one attached hydrogen (secondary N) is 1. The summed E-state index contributed by atoms with van der Waals surface area (Å²) in [5.41, 5.74) is 1.84. The van der Waals surface area contributed by atoms with Gasteiger partial charge in [0.1, 0.15) is 11.0 Å². The number of halogens is 1. The summed E-state index contributed by atoms with van der Waals surface area (Å²) in [4.78, 5) is 30.5. The van der Waals surface area contributed by atoms with Crippen LogP contribution in [0.25, 0.3) is 0 Å². The summed E-state index contributed by atoms with van der Waals surface area (Å²) < 4.78 is 5.19. The molecule has 0 aliphatic carbocycles. The molecule has 0 bridgehead atoms. The summed E-state index contributed by atoms with van der Waals surface area (Å²) >= 11 is 6.20. The molecule has 7 nitrogen and oxygen atoms in total. The predicted octanol–water partition coefficient (Wildman–Crippen LogP) is 4.15. The van der Waals surface area contributed by atoms with E-state index in [4.69, 9.17) is 16.3 Å². The van der Waals surface area contributed by atoms with Crippen LogP contribution in [0.2, 0.25) is 5.15 Å². The molecule has 1 atom stereocenters. The lowest BCUT2D eigenvalue weighted by Gasteiger charge is -2.32. The second kappa shape index (κ2) is 8.75. The predicted molar refractivity (Wildman–Crippen MR) is 115 cm³/mol. The van der Waals surface area contributed by atoms with Crippen LogP contribution in [0, 0.1) is 0 Å². The van der Waals surface area contributed by atoms with Crippen LogP contribution in [0.15, 0.2) is 84.2 Å². The number of aromatic amines is 1. The molecule has 8 heteroatoms. The van der Waals surface area contributed by atoms with E-state index in [1.54, 1.807) is 56.2 Å². The van der Waals surface area contributed by atoms with Crippen molar-refractivity contribution in [2.45, 2.75) is 6.04 Å². The first-order valence-electron chi connectivity index (χ1n) is 9.17. The largest absolute Gasteiger partial charge is 0.481 e. The van der Waals surface area contributed by atoms with Crippen molar-refractivity contribution in [3.05, 3.63) is 106 Å². The fourth-order valence-electron chi connectivity index (χ4n) is 3.24. The van der Waals surface area contributed by atoms with E-state index >= 15 is 0 Å². The molecule has 30 heavy (non-hydrogen) atoms. The van der Waals surface area contributed by atoms with Crippen LogP contribution in [-0.2, 0) is 0 Å². The maximum absolute atomic E-state index is 12.8. The van der Waals surface area contributed by atoms with Gasteiger partial charge in [-0.25, -0.2) is 9.97 Å². The van der Waals surface area contributed by atoms with Gasteiger partial charge in [-0.1, -0.05) is 23.7 Å². The van der Waals surface area contributed by atoms with Gasteiger partial charge in [0.25, 0.3) is 5.56 Å². The van der Waals surface area contributed by atoms with Crippen molar-refractivity contribution >= 4 is 23.1 Å². The van der Waals surface area contributed by atoms with Gasteiger partial charge in [0, 0.05) is 30.2 Å². The lowest BCUT2D eigenvalue weighted by atomic mass is 9.99. The first kappa shape index (κ1) is 19.6. The summed E-state index contributed by atoms with van der Waals surface area (Å²) in [5, 5.41) is 0.339. The minimum atomic E-state index is -0.523. The van der Waals surface area contributed by atoms with E-state index in [-0.39, 0.29) is 5.56 Å². The molecular formula is C22H18ClN5O2. The van der Waals surface area contributed by atoms with E-state index in [9.17, 15) is 4.79 Å². The monoisotopic (exact) mass is 419 g/mol. The molecule has 4 heterocycles. The zero-order valence-corrected chi connectivity index (χ0v) is 16.8. The molecule has 0 saturated heterocycles. The lowest BCUT2D eigenvalue weighted by molar-refractivity contribution is 0.398. The van der Waals surface area contributed by atoms with Gasteiger partial charge in [-0.05, 0) is 42.0 Å². The topological polar surface area (TPSA) is 84.0 Å². The Bertz CT molecular complexity index is 1180. The van der Waals surface area contributed by atoms with Crippen LogP contribution in [0.1, 0.15) is 17.2 Å². The number of pyridine rings is 4. The van der Waals surface area contributed by atoms with Crippen molar-refractivity contribution in [1.82, 2.24) is 19.9 Å². The Labute approximate surface area is 178 Å². The van der Waals surface area contributed by atoms with Gasteiger partial charge in [0.2, 0.25) is 5.88 Å². The van der Waals surface area contributed by atoms with Crippen molar-refractivity contribution in [3.63, 3.8) is 0 Å². The van der Waals surface area contributed by atoms with Gasteiger partial charge in [-0.3, -0.25) is 9.78 Å². The molecular weight excluding hydrogens is 402 g/mol. The highest BCUT2D eigenvalue weighted by Gasteiger charge is 2.28. The molecule has 0 aliphatic heterocycles. The number of nitrogens with zero attached hydrogens (tertiary/aromatic N) is 4. The minimum absolute atomic E-state index is 0.208. The Morgan fingerprint density at radius 2 is 1.97 bits per heavy atom. The average molecular weight is 420 g/mol. The first-order chi connectivity index (χ1) is 14.7. The number of hydrogen-bond acceptors (Lipinski definition) is 6. The fraction of sp³-hybridized carbons (Fsp3) is 0.0909. The molecule has 150 valence electrons. The van der Waals surface area contributed by atoms with Crippen molar-refractivity contribution < 1.29 is 4.74 Å². The molecule has 4 rings (SSSR count). The molecule has 0 aliphatic rings.